The molecule has 27 heavy (non-hydrogen) atoms. The van der Waals surface area contributed by atoms with Gasteiger partial charge in [-0.2, -0.15) is 0 Å². The van der Waals surface area contributed by atoms with Crippen LogP contribution in [0.2, 0.25) is 5.02 Å². The van der Waals surface area contributed by atoms with Gasteiger partial charge in [0.05, 0.1) is 23.9 Å². The van der Waals surface area contributed by atoms with Gasteiger partial charge in [0.2, 0.25) is 0 Å². The van der Waals surface area contributed by atoms with Crippen LogP contribution < -0.4 is 4.80 Å². The van der Waals surface area contributed by atoms with E-state index in [1.54, 1.807) is 29.9 Å². The summed E-state index contributed by atoms with van der Waals surface area (Å²) in [5, 5.41) is 2.89. The van der Waals surface area contributed by atoms with Gasteiger partial charge in [-0.3, -0.25) is 4.98 Å². The highest BCUT2D eigenvalue weighted by Gasteiger charge is 2.08. The second kappa shape index (κ2) is 8.33. The van der Waals surface area contributed by atoms with Gasteiger partial charge in [0.25, 0.3) is 0 Å². The molecule has 0 radical (unpaired) electrons. The zero-order valence-corrected chi connectivity index (χ0v) is 16.1. The number of nitrogens with zero attached hydrogens (tertiary/aromatic N) is 5. The van der Waals surface area contributed by atoms with Gasteiger partial charge in [0.1, 0.15) is 0 Å². The predicted molar refractivity (Wildman–Crippen MR) is 109 cm³/mol. The van der Waals surface area contributed by atoms with Gasteiger partial charge in [0.15, 0.2) is 4.80 Å². The van der Waals surface area contributed by atoms with Crippen LogP contribution in [-0.2, 0) is 13.1 Å². The molecule has 5 nitrogen and oxygen atoms in total. The molecule has 0 saturated carbocycles. The molecule has 0 fully saturated rings. The highest BCUT2D eigenvalue weighted by Crippen LogP contribution is 2.23. The van der Waals surface area contributed by atoms with E-state index in [1.165, 1.54) is 0 Å². The van der Waals surface area contributed by atoms with E-state index in [4.69, 9.17) is 16.6 Å². The Morgan fingerprint density at radius 2 is 1.93 bits per heavy atom. The third-order valence-electron chi connectivity index (χ3n) is 4.17. The van der Waals surface area contributed by atoms with Crippen molar-refractivity contribution in [2.75, 3.05) is 0 Å². The number of aromatic nitrogens is 4. The number of hydrogen-bond donors (Lipinski definition) is 0. The number of thiazole rings is 1. The molecule has 1 aromatic carbocycles. The predicted octanol–water partition coefficient (Wildman–Crippen LogP) is 4.78. The van der Waals surface area contributed by atoms with Crippen LogP contribution in [0.4, 0.5) is 5.69 Å². The lowest BCUT2D eigenvalue weighted by molar-refractivity contribution is 0.559. The van der Waals surface area contributed by atoms with Gasteiger partial charge in [-0.15, -0.1) is 11.3 Å². The molecule has 0 atom stereocenters. The summed E-state index contributed by atoms with van der Waals surface area (Å²) in [6, 6.07) is 11.8. The van der Waals surface area contributed by atoms with Gasteiger partial charge >= 0.3 is 0 Å². The number of aryl methyl sites for hydroxylation is 1. The largest absolute Gasteiger partial charge is 0.337 e. The van der Waals surface area contributed by atoms with Crippen molar-refractivity contribution >= 4 is 28.6 Å². The van der Waals surface area contributed by atoms with E-state index in [1.807, 2.05) is 48.9 Å². The van der Waals surface area contributed by atoms with Crippen molar-refractivity contribution in [1.29, 1.82) is 0 Å². The topological polar surface area (TPSA) is 48.0 Å². The van der Waals surface area contributed by atoms with E-state index in [9.17, 15) is 0 Å². The van der Waals surface area contributed by atoms with E-state index in [0.717, 1.165) is 46.3 Å². The minimum Gasteiger partial charge on any atom is -0.337 e. The molecule has 3 aromatic heterocycles. The van der Waals surface area contributed by atoms with Crippen LogP contribution in [0, 0.1) is 0 Å². The molecule has 4 rings (SSSR count). The maximum absolute atomic E-state index is 6.05. The summed E-state index contributed by atoms with van der Waals surface area (Å²) in [6.45, 7) is 1.77. The molecule has 0 aliphatic carbocycles. The molecule has 0 unspecified atom stereocenters. The number of benzene rings is 1. The quantitative estimate of drug-likeness (QED) is 0.471. The fraction of sp³-hybridized carbons (Fsp3) is 0.150. The molecule has 0 spiro atoms. The van der Waals surface area contributed by atoms with E-state index in [0.29, 0.717) is 0 Å². The highest BCUT2D eigenvalue weighted by molar-refractivity contribution is 7.07. The first-order chi connectivity index (χ1) is 13.3. The lowest BCUT2D eigenvalue weighted by atomic mass is 10.2. The summed E-state index contributed by atoms with van der Waals surface area (Å²) in [7, 11) is 0. The number of rotatable bonds is 6. The first-order valence-electron chi connectivity index (χ1n) is 8.64. The van der Waals surface area contributed by atoms with Gasteiger partial charge < -0.3 is 9.13 Å². The Morgan fingerprint density at radius 1 is 1.04 bits per heavy atom. The molecule has 0 N–H and O–H groups in total. The molecule has 136 valence electrons. The maximum Gasteiger partial charge on any atom is 0.190 e. The molecular formula is C20H18ClN5S. The Bertz CT molecular complexity index is 1050. The molecule has 0 saturated heterocycles. The summed E-state index contributed by atoms with van der Waals surface area (Å²) >= 11 is 7.69. The van der Waals surface area contributed by atoms with Crippen LogP contribution in [0.1, 0.15) is 6.42 Å². The van der Waals surface area contributed by atoms with Crippen molar-refractivity contribution < 1.29 is 0 Å². The fourth-order valence-electron chi connectivity index (χ4n) is 2.85. The first-order valence-corrected chi connectivity index (χ1v) is 9.90. The Labute approximate surface area is 166 Å². The van der Waals surface area contributed by atoms with Crippen LogP contribution in [0.3, 0.4) is 0 Å². The molecule has 0 aliphatic rings. The smallest absolute Gasteiger partial charge is 0.190 e. The van der Waals surface area contributed by atoms with Crippen molar-refractivity contribution in [3.05, 3.63) is 82.7 Å². The summed E-state index contributed by atoms with van der Waals surface area (Å²) in [5.74, 6) is 0. The second-order valence-electron chi connectivity index (χ2n) is 6.04. The summed E-state index contributed by atoms with van der Waals surface area (Å²) in [4.78, 5) is 14.0. The number of hydrogen-bond acceptors (Lipinski definition) is 4. The monoisotopic (exact) mass is 395 g/mol. The Morgan fingerprint density at radius 3 is 2.67 bits per heavy atom. The fourth-order valence-corrected chi connectivity index (χ4v) is 3.93. The summed E-state index contributed by atoms with van der Waals surface area (Å²) in [6.07, 6.45) is 10.1. The Balaban J connectivity index is 1.68. The van der Waals surface area contributed by atoms with Crippen molar-refractivity contribution in [3.63, 3.8) is 0 Å². The van der Waals surface area contributed by atoms with E-state index in [2.05, 4.69) is 24.5 Å². The molecule has 7 heteroatoms. The summed E-state index contributed by atoms with van der Waals surface area (Å²) < 4.78 is 4.35. The number of imidazole rings is 1. The minimum absolute atomic E-state index is 0.737. The van der Waals surface area contributed by atoms with Crippen LogP contribution in [-0.4, -0.2) is 19.1 Å². The molecular weight excluding hydrogens is 378 g/mol. The summed E-state index contributed by atoms with van der Waals surface area (Å²) in [5.41, 5.74) is 3.13. The standard InChI is InChI=1S/C20H18ClN5S/c21-17-6-4-16(5-7-17)19-14-27-20(24-18-3-1-8-22-13-18)26(19)11-2-10-25-12-9-23-15-25/h1,3-9,12-15H,2,10-11H2. The van der Waals surface area contributed by atoms with Crippen molar-refractivity contribution in [1.82, 2.24) is 19.1 Å². The van der Waals surface area contributed by atoms with Crippen molar-refractivity contribution in [2.24, 2.45) is 4.99 Å². The van der Waals surface area contributed by atoms with Crippen LogP contribution in [0.15, 0.2) is 77.9 Å². The third kappa shape index (κ3) is 4.35. The molecule has 0 amide bonds. The van der Waals surface area contributed by atoms with Crippen molar-refractivity contribution in [3.8, 4) is 11.3 Å². The maximum atomic E-state index is 6.05. The van der Waals surface area contributed by atoms with Gasteiger partial charge in [-0.25, -0.2) is 9.98 Å². The SMILES string of the molecule is Clc1ccc(-c2csc(=Nc3cccnc3)n2CCCn2ccnc2)cc1. The van der Waals surface area contributed by atoms with Crippen LogP contribution in [0.25, 0.3) is 11.3 Å². The lowest BCUT2D eigenvalue weighted by Crippen LogP contribution is -2.17. The molecule has 4 aromatic rings. The third-order valence-corrected chi connectivity index (χ3v) is 5.28. The van der Waals surface area contributed by atoms with Crippen molar-refractivity contribution in [2.45, 2.75) is 19.5 Å². The molecule has 3 heterocycles. The van der Waals surface area contributed by atoms with E-state index < -0.39 is 0 Å². The average Bonchev–Trinajstić information content (AvgIpc) is 3.34. The van der Waals surface area contributed by atoms with Gasteiger partial charge in [-0.05, 0) is 36.2 Å². The average molecular weight is 396 g/mol. The molecule has 0 bridgehead atoms. The zero-order valence-electron chi connectivity index (χ0n) is 14.6. The first kappa shape index (κ1) is 17.7. The Kier molecular flexibility index (Phi) is 5.46. The van der Waals surface area contributed by atoms with Crippen LogP contribution in [0.5, 0.6) is 0 Å². The number of halogens is 1. The lowest BCUT2D eigenvalue weighted by Gasteiger charge is -2.10. The number of pyridine rings is 1. The van der Waals surface area contributed by atoms with E-state index >= 15 is 0 Å². The zero-order chi connectivity index (χ0) is 18.5. The minimum atomic E-state index is 0.737. The van der Waals surface area contributed by atoms with Gasteiger partial charge in [0, 0.05) is 42.1 Å². The van der Waals surface area contributed by atoms with Crippen LogP contribution >= 0.6 is 22.9 Å². The second-order valence-corrected chi connectivity index (χ2v) is 7.31. The molecule has 0 aliphatic heterocycles. The Hall–Kier alpha value is -2.70. The van der Waals surface area contributed by atoms with E-state index in [-0.39, 0.29) is 0 Å². The normalized spacial score (nSPS) is 11.8. The van der Waals surface area contributed by atoms with Gasteiger partial charge in [-0.1, -0.05) is 23.7 Å². The highest BCUT2D eigenvalue weighted by atomic mass is 35.5.